The van der Waals surface area contributed by atoms with Gasteiger partial charge in [0.2, 0.25) is 11.0 Å². The van der Waals surface area contributed by atoms with Gasteiger partial charge in [-0.25, -0.2) is 9.37 Å². The molecule has 30 heavy (non-hydrogen) atoms. The average Bonchev–Trinajstić information content (AvgIpc) is 3.29. The normalized spacial score (nSPS) is 11.4. The number of hydrogen-bond donors (Lipinski definition) is 1. The molecule has 1 amide bonds. The zero-order valence-corrected chi connectivity index (χ0v) is 18.1. The molecule has 154 valence electrons. The SMILES string of the molecule is Cc1sc2ncn(CC(=O)Nc3nnc(C(C)C)s3)c(=O)c2c1-c1ccc(F)cc1. The van der Waals surface area contributed by atoms with Crippen LogP contribution >= 0.6 is 22.7 Å². The molecule has 0 aliphatic carbocycles. The molecule has 0 saturated carbocycles. The Morgan fingerprint density at radius 2 is 1.93 bits per heavy atom. The molecule has 0 unspecified atom stereocenters. The Morgan fingerprint density at radius 1 is 1.20 bits per heavy atom. The van der Waals surface area contributed by atoms with Gasteiger partial charge in [0, 0.05) is 16.4 Å². The van der Waals surface area contributed by atoms with E-state index >= 15 is 0 Å². The third-order valence-corrected chi connectivity index (χ3v) is 6.63. The highest BCUT2D eigenvalue weighted by molar-refractivity contribution is 7.19. The number of rotatable bonds is 5. The summed E-state index contributed by atoms with van der Waals surface area (Å²) >= 11 is 2.70. The van der Waals surface area contributed by atoms with Crippen LogP contribution in [0.2, 0.25) is 0 Å². The molecule has 10 heteroatoms. The maximum absolute atomic E-state index is 13.3. The molecule has 0 bridgehead atoms. The van der Waals surface area contributed by atoms with Gasteiger partial charge < -0.3 is 0 Å². The lowest BCUT2D eigenvalue weighted by Gasteiger charge is -2.06. The molecule has 3 aromatic heterocycles. The first-order chi connectivity index (χ1) is 14.3. The van der Waals surface area contributed by atoms with E-state index in [0.29, 0.717) is 20.9 Å². The minimum Gasteiger partial charge on any atom is -0.299 e. The number of anilines is 1. The van der Waals surface area contributed by atoms with Gasteiger partial charge >= 0.3 is 0 Å². The molecule has 0 saturated heterocycles. The number of aryl methyl sites for hydroxylation is 1. The van der Waals surface area contributed by atoms with E-state index in [9.17, 15) is 14.0 Å². The zero-order chi connectivity index (χ0) is 21.4. The van der Waals surface area contributed by atoms with Crippen molar-refractivity contribution in [2.45, 2.75) is 33.2 Å². The van der Waals surface area contributed by atoms with Crippen LogP contribution in [0.4, 0.5) is 9.52 Å². The van der Waals surface area contributed by atoms with Gasteiger partial charge in [0.1, 0.15) is 22.2 Å². The van der Waals surface area contributed by atoms with Crippen molar-refractivity contribution in [3.8, 4) is 11.1 Å². The molecule has 0 atom stereocenters. The van der Waals surface area contributed by atoms with Crippen molar-refractivity contribution < 1.29 is 9.18 Å². The van der Waals surface area contributed by atoms with E-state index in [1.807, 2.05) is 20.8 Å². The van der Waals surface area contributed by atoms with Gasteiger partial charge in [-0.05, 0) is 24.6 Å². The van der Waals surface area contributed by atoms with Gasteiger partial charge in [-0.3, -0.25) is 19.5 Å². The number of hydrogen-bond acceptors (Lipinski definition) is 7. The molecule has 1 aromatic carbocycles. The van der Waals surface area contributed by atoms with Crippen molar-refractivity contribution in [1.82, 2.24) is 19.7 Å². The second-order valence-electron chi connectivity index (χ2n) is 7.05. The molecule has 3 heterocycles. The van der Waals surface area contributed by atoms with Crippen LogP contribution in [0.15, 0.2) is 35.4 Å². The molecule has 0 aliphatic rings. The predicted molar refractivity (Wildman–Crippen MR) is 117 cm³/mol. The fourth-order valence-corrected chi connectivity index (χ4v) is 4.81. The minimum absolute atomic E-state index is 0.198. The van der Waals surface area contributed by atoms with Crippen molar-refractivity contribution in [2.75, 3.05) is 5.32 Å². The smallest absolute Gasteiger partial charge is 0.263 e. The number of benzene rings is 1. The number of nitrogens with zero attached hydrogens (tertiary/aromatic N) is 4. The Labute approximate surface area is 179 Å². The Bertz CT molecular complexity index is 1290. The lowest BCUT2D eigenvalue weighted by atomic mass is 10.0. The van der Waals surface area contributed by atoms with Crippen LogP contribution in [-0.4, -0.2) is 25.7 Å². The Kier molecular flexibility index (Phi) is 5.44. The summed E-state index contributed by atoms with van der Waals surface area (Å²) in [5, 5.41) is 12.3. The van der Waals surface area contributed by atoms with Gasteiger partial charge in [-0.1, -0.05) is 37.3 Å². The second-order valence-corrected chi connectivity index (χ2v) is 9.26. The van der Waals surface area contributed by atoms with Crippen molar-refractivity contribution in [2.24, 2.45) is 0 Å². The predicted octanol–water partition coefficient (Wildman–Crippen LogP) is 4.19. The number of halogens is 1. The largest absolute Gasteiger partial charge is 0.299 e. The molecule has 0 aliphatic heterocycles. The molecule has 4 aromatic rings. The van der Waals surface area contributed by atoms with E-state index in [1.165, 1.54) is 45.7 Å². The number of carbonyl (C=O) groups is 1. The van der Waals surface area contributed by atoms with Crippen molar-refractivity contribution in [3.63, 3.8) is 0 Å². The quantitative estimate of drug-likeness (QED) is 0.500. The second kappa shape index (κ2) is 8.04. The molecule has 4 rings (SSSR count). The number of fused-ring (bicyclic) bond motifs is 1. The Hall–Kier alpha value is -2.98. The molecule has 0 spiro atoms. The lowest BCUT2D eigenvalue weighted by Crippen LogP contribution is -2.27. The number of nitrogens with one attached hydrogen (secondary N) is 1. The first kappa shape index (κ1) is 20.3. The van der Waals surface area contributed by atoms with Gasteiger partial charge in [-0.2, -0.15) is 0 Å². The summed E-state index contributed by atoms with van der Waals surface area (Å²) in [6, 6.07) is 5.98. The summed E-state index contributed by atoms with van der Waals surface area (Å²) in [5.41, 5.74) is 1.13. The molecular formula is C20H18FN5O2S2. The first-order valence-corrected chi connectivity index (χ1v) is 10.8. The summed E-state index contributed by atoms with van der Waals surface area (Å²) in [6.07, 6.45) is 1.37. The third-order valence-electron chi connectivity index (χ3n) is 4.48. The summed E-state index contributed by atoms with van der Waals surface area (Å²) in [5.74, 6) is -0.519. The van der Waals surface area contributed by atoms with Crippen molar-refractivity contribution >= 4 is 43.9 Å². The number of aromatic nitrogens is 4. The zero-order valence-electron chi connectivity index (χ0n) is 16.5. The molecule has 7 nitrogen and oxygen atoms in total. The number of amides is 1. The minimum atomic E-state index is -0.389. The Balaban J connectivity index is 1.66. The molecule has 0 radical (unpaired) electrons. The topological polar surface area (TPSA) is 89.8 Å². The first-order valence-electron chi connectivity index (χ1n) is 9.21. The van der Waals surface area contributed by atoms with E-state index in [4.69, 9.17) is 0 Å². The standard InChI is InChI=1S/C20H18FN5O2S2/c1-10(2)17-24-25-20(30-17)23-14(27)8-26-9-22-18-16(19(26)28)15(11(3)29-18)12-4-6-13(21)7-5-12/h4-7,9-10H,8H2,1-3H3,(H,23,25,27). The summed E-state index contributed by atoms with van der Waals surface area (Å²) in [7, 11) is 0. The van der Waals surface area contributed by atoms with E-state index in [2.05, 4.69) is 20.5 Å². The third kappa shape index (κ3) is 3.88. The van der Waals surface area contributed by atoms with Crippen LogP contribution in [0.5, 0.6) is 0 Å². The van der Waals surface area contributed by atoms with Crippen LogP contribution in [0.3, 0.4) is 0 Å². The van der Waals surface area contributed by atoms with Gasteiger partial charge in [0.05, 0.1) is 11.7 Å². The summed E-state index contributed by atoms with van der Waals surface area (Å²) < 4.78 is 14.6. The van der Waals surface area contributed by atoms with Crippen LogP contribution < -0.4 is 10.9 Å². The Morgan fingerprint density at radius 3 is 2.60 bits per heavy atom. The average molecular weight is 444 g/mol. The van der Waals surface area contributed by atoms with Gasteiger partial charge in [0.15, 0.2) is 0 Å². The number of thiophene rings is 1. The van der Waals surface area contributed by atoms with E-state index in [1.54, 1.807) is 12.1 Å². The van der Waals surface area contributed by atoms with Gasteiger partial charge in [0.25, 0.3) is 5.56 Å². The fraction of sp³-hybridized carbons (Fsp3) is 0.250. The molecule has 0 fully saturated rings. The highest BCUT2D eigenvalue weighted by Gasteiger charge is 2.18. The van der Waals surface area contributed by atoms with Crippen LogP contribution in [0, 0.1) is 12.7 Å². The monoisotopic (exact) mass is 443 g/mol. The molecule has 1 N–H and O–H groups in total. The maximum Gasteiger partial charge on any atom is 0.263 e. The van der Waals surface area contributed by atoms with Crippen LogP contribution in [0.25, 0.3) is 21.3 Å². The van der Waals surface area contributed by atoms with Crippen LogP contribution in [-0.2, 0) is 11.3 Å². The highest BCUT2D eigenvalue weighted by Crippen LogP contribution is 2.35. The van der Waals surface area contributed by atoms with Crippen molar-refractivity contribution in [1.29, 1.82) is 0 Å². The van der Waals surface area contributed by atoms with Crippen LogP contribution in [0.1, 0.15) is 29.7 Å². The maximum atomic E-state index is 13.3. The number of carbonyl (C=O) groups excluding carboxylic acids is 1. The van der Waals surface area contributed by atoms with E-state index < -0.39 is 0 Å². The van der Waals surface area contributed by atoms with E-state index in [0.717, 1.165) is 15.4 Å². The molecular weight excluding hydrogens is 425 g/mol. The lowest BCUT2D eigenvalue weighted by molar-refractivity contribution is -0.116. The fourth-order valence-electron chi connectivity index (χ4n) is 3.05. The van der Waals surface area contributed by atoms with Gasteiger partial charge in [-0.15, -0.1) is 21.5 Å². The summed E-state index contributed by atoms with van der Waals surface area (Å²) in [6.45, 7) is 5.68. The van der Waals surface area contributed by atoms with E-state index in [-0.39, 0.29) is 29.7 Å². The summed E-state index contributed by atoms with van der Waals surface area (Å²) in [4.78, 5) is 31.4. The van der Waals surface area contributed by atoms with Crippen molar-refractivity contribution in [3.05, 3.63) is 56.6 Å². The highest BCUT2D eigenvalue weighted by atomic mass is 32.1.